The fraction of sp³-hybridized carbons (Fsp3) is 0.364. The third-order valence-corrected chi connectivity index (χ3v) is 7.93. The second kappa shape index (κ2) is 9.75. The number of fused-ring (bicyclic) bond motifs is 1. The van der Waals surface area contributed by atoms with E-state index in [1.54, 1.807) is 24.3 Å². The van der Waals surface area contributed by atoms with E-state index in [-0.39, 0.29) is 26.0 Å². The number of nitrogens with one attached hydrogen (secondary N) is 1. The quantitative estimate of drug-likeness (QED) is 0.384. The van der Waals surface area contributed by atoms with Crippen LogP contribution in [0.25, 0.3) is 11.0 Å². The second-order valence-electron chi connectivity index (χ2n) is 8.00. The van der Waals surface area contributed by atoms with E-state index in [0.29, 0.717) is 25.7 Å². The molecular formula is C22H20Cl2F3N3O3S. The van der Waals surface area contributed by atoms with Crippen LogP contribution in [0.5, 0.6) is 5.88 Å². The van der Waals surface area contributed by atoms with Crippen LogP contribution in [0.15, 0.2) is 47.4 Å². The predicted molar refractivity (Wildman–Crippen MR) is 124 cm³/mol. The lowest BCUT2D eigenvalue weighted by molar-refractivity contribution is -0.213. The molecule has 2 aromatic carbocycles. The van der Waals surface area contributed by atoms with Crippen molar-refractivity contribution in [3.63, 3.8) is 0 Å². The van der Waals surface area contributed by atoms with Gasteiger partial charge in [-0.25, -0.2) is 18.4 Å². The molecule has 1 atom stereocenters. The Hall–Kier alpha value is -2.30. The van der Waals surface area contributed by atoms with Gasteiger partial charge >= 0.3 is 6.18 Å². The molecule has 4 rings (SSSR count). The third-order valence-electron chi connectivity index (χ3n) is 5.61. The van der Waals surface area contributed by atoms with Crippen LogP contribution < -0.4 is 9.46 Å². The Labute approximate surface area is 204 Å². The van der Waals surface area contributed by atoms with Crippen molar-refractivity contribution in [1.82, 2.24) is 9.97 Å². The lowest BCUT2D eigenvalue weighted by atomic mass is 9.85. The molecule has 1 heterocycles. The van der Waals surface area contributed by atoms with Crippen molar-refractivity contribution in [1.29, 1.82) is 0 Å². The summed E-state index contributed by atoms with van der Waals surface area (Å²) in [6.45, 7) is 0. The molecule has 1 fully saturated rings. The maximum absolute atomic E-state index is 14.0. The van der Waals surface area contributed by atoms with E-state index in [0.717, 1.165) is 6.42 Å². The highest BCUT2D eigenvalue weighted by atomic mass is 35.5. The van der Waals surface area contributed by atoms with Crippen LogP contribution in [0.2, 0.25) is 10.0 Å². The number of hydrogen-bond acceptors (Lipinski definition) is 5. The van der Waals surface area contributed by atoms with E-state index in [9.17, 15) is 21.6 Å². The Balaban J connectivity index is 1.78. The van der Waals surface area contributed by atoms with E-state index in [2.05, 4.69) is 14.7 Å². The van der Waals surface area contributed by atoms with Gasteiger partial charge in [-0.3, -0.25) is 4.72 Å². The summed E-state index contributed by atoms with van der Waals surface area (Å²) in [5, 5.41) is -0.233. The van der Waals surface area contributed by atoms with Crippen LogP contribution in [-0.2, 0) is 10.0 Å². The predicted octanol–water partition coefficient (Wildman–Crippen LogP) is 6.63. The van der Waals surface area contributed by atoms with Crippen molar-refractivity contribution in [3.8, 4) is 5.88 Å². The molecule has 0 bridgehead atoms. The second-order valence-corrected chi connectivity index (χ2v) is 10.4. The SMILES string of the molecule is O=S(=O)(Nc1nc2ccccc2nc1OC(C1CCCCC1)C(F)(F)F)c1cccc(Cl)c1Cl. The molecule has 1 aromatic heterocycles. The largest absolute Gasteiger partial charge is 0.462 e. The molecule has 0 aliphatic heterocycles. The van der Waals surface area contributed by atoms with E-state index >= 15 is 0 Å². The summed E-state index contributed by atoms with van der Waals surface area (Å²) >= 11 is 12.0. The van der Waals surface area contributed by atoms with Gasteiger partial charge in [0.1, 0.15) is 4.90 Å². The molecule has 6 nitrogen and oxygen atoms in total. The number of para-hydroxylation sites is 2. The number of benzene rings is 2. The van der Waals surface area contributed by atoms with Crippen LogP contribution in [0, 0.1) is 5.92 Å². The maximum atomic E-state index is 14.0. The number of ether oxygens (including phenoxy) is 1. The van der Waals surface area contributed by atoms with Crippen LogP contribution >= 0.6 is 23.2 Å². The first-order chi connectivity index (χ1) is 16.1. The third kappa shape index (κ3) is 5.34. The Morgan fingerprint density at radius 1 is 0.971 bits per heavy atom. The number of alkyl halides is 3. The first-order valence-corrected chi connectivity index (χ1v) is 12.8. The zero-order valence-electron chi connectivity index (χ0n) is 17.6. The molecule has 0 spiro atoms. The van der Waals surface area contributed by atoms with Gasteiger partial charge in [-0.2, -0.15) is 13.2 Å². The van der Waals surface area contributed by atoms with Crippen molar-refractivity contribution in [2.75, 3.05) is 4.72 Å². The van der Waals surface area contributed by atoms with Crippen LogP contribution in [-0.4, -0.2) is 30.7 Å². The average Bonchev–Trinajstić information content (AvgIpc) is 2.78. The van der Waals surface area contributed by atoms with Crippen LogP contribution in [0.1, 0.15) is 32.1 Å². The first-order valence-electron chi connectivity index (χ1n) is 10.5. The smallest absolute Gasteiger partial charge is 0.425 e. The number of anilines is 1. The molecule has 1 saturated carbocycles. The molecule has 0 radical (unpaired) electrons. The standard InChI is InChI=1S/C22H20Cl2F3N3O3S/c23-14-9-6-12-17(18(14)24)34(31,32)30-20-21(29-16-11-5-4-10-15(16)28-20)33-19(22(25,26)27)13-7-2-1-3-8-13/h4-6,9-13,19H,1-3,7-8H2,(H,28,30). The molecule has 1 unspecified atom stereocenters. The fourth-order valence-corrected chi connectivity index (χ4v) is 5.76. The Bertz CT molecular complexity index is 1300. The van der Waals surface area contributed by atoms with Crippen LogP contribution in [0.3, 0.4) is 0 Å². The van der Waals surface area contributed by atoms with Crippen molar-refractivity contribution in [3.05, 3.63) is 52.5 Å². The zero-order chi connectivity index (χ0) is 24.5. The summed E-state index contributed by atoms with van der Waals surface area (Å²) in [6.07, 6.45) is -3.94. The molecule has 1 aliphatic rings. The van der Waals surface area contributed by atoms with Gasteiger partial charge in [0.25, 0.3) is 15.9 Å². The molecule has 0 saturated heterocycles. The summed E-state index contributed by atoms with van der Waals surface area (Å²) in [5.74, 6) is -1.80. The summed E-state index contributed by atoms with van der Waals surface area (Å²) in [5.41, 5.74) is 0.525. The monoisotopic (exact) mass is 533 g/mol. The van der Waals surface area contributed by atoms with Gasteiger partial charge in [-0.1, -0.05) is 60.7 Å². The Morgan fingerprint density at radius 2 is 1.62 bits per heavy atom. The summed E-state index contributed by atoms with van der Waals surface area (Å²) < 4.78 is 75.7. The van der Waals surface area contributed by atoms with Gasteiger partial charge in [-0.05, 0) is 37.1 Å². The van der Waals surface area contributed by atoms with Crippen molar-refractivity contribution >= 4 is 50.1 Å². The molecule has 3 aromatic rings. The van der Waals surface area contributed by atoms with Gasteiger partial charge in [0.15, 0.2) is 6.10 Å². The number of hydrogen-bond donors (Lipinski definition) is 1. The van der Waals surface area contributed by atoms with E-state index in [4.69, 9.17) is 27.9 Å². The Kier molecular flexibility index (Phi) is 7.12. The maximum Gasteiger partial charge on any atom is 0.425 e. The molecule has 34 heavy (non-hydrogen) atoms. The zero-order valence-corrected chi connectivity index (χ0v) is 20.0. The highest BCUT2D eigenvalue weighted by Crippen LogP contribution is 2.39. The van der Waals surface area contributed by atoms with E-state index in [1.165, 1.54) is 18.2 Å². The Morgan fingerprint density at radius 3 is 2.26 bits per heavy atom. The van der Waals surface area contributed by atoms with Crippen LogP contribution in [0.4, 0.5) is 19.0 Å². The van der Waals surface area contributed by atoms with Gasteiger partial charge in [-0.15, -0.1) is 0 Å². The van der Waals surface area contributed by atoms with Gasteiger partial charge in [0.05, 0.1) is 21.1 Å². The number of nitrogens with zero attached hydrogens (tertiary/aromatic N) is 2. The summed E-state index contributed by atoms with van der Waals surface area (Å²) in [7, 11) is -4.38. The lowest BCUT2D eigenvalue weighted by Gasteiger charge is -2.31. The highest BCUT2D eigenvalue weighted by molar-refractivity contribution is 7.92. The van der Waals surface area contributed by atoms with Crippen molar-refractivity contribution < 1.29 is 26.3 Å². The molecule has 182 valence electrons. The normalized spacial score (nSPS) is 16.4. The van der Waals surface area contributed by atoms with Gasteiger partial charge in [0, 0.05) is 5.92 Å². The van der Waals surface area contributed by atoms with Crippen molar-refractivity contribution in [2.45, 2.75) is 49.3 Å². The molecule has 1 N–H and O–H groups in total. The summed E-state index contributed by atoms with van der Waals surface area (Å²) in [4.78, 5) is 8.01. The van der Waals surface area contributed by atoms with Crippen molar-refractivity contribution in [2.24, 2.45) is 5.92 Å². The molecule has 12 heteroatoms. The van der Waals surface area contributed by atoms with E-state index in [1.807, 2.05) is 0 Å². The van der Waals surface area contributed by atoms with E-state index < -0.39 is 39.9 Å². The fourth-order valence-electron chi connectivity index (χ4n) is 3.99. The lowest BCUT2D eigenvalue weighted by Crippen LogP contribution is -2.42. The minimum Gasteiger partial charge on any atom is -0.462 e. The number of aromatic nitrogens is 2. The number of sulfonamides is 1. The first kappa shape index (κ1) is 24.8. The number of halogens is 5. The summed E-state index contributed by atoms with van der Waals surface area (Å²) in [6, 6.07) is 10.4. The molecular weight excluding hydrogens is 514 g/mol. The molecule has 1 aliphatic carbocycles. The van der Waals surface area contributed by atoms with Gasteiger partial charge < -0.3 is 4.74 Å². The topological polar surface area (TPSA) is 81.2 Å². The average molecular weight is 534 g/mol. The highest BCUT2D eigenvalue weighted by Gasteiger charge is 2.47. The molecule has 0 amide bonds. The minimum atomic E-state index is -4.68. The number of rotatable bonds is 6. The van der Waals surface area contributed by atoms with Gasteiger partial charge in [0.2, 0.25) is 5.82 Å². The minimum absolute atomic E-state index is 0.0000414.